The van der Waals surface area contributed by atoms with E-state index >= 15 is 0 Å². The van der Waals surface area contributed by atoms with Gasteiger partial charge in [0.2, 0.25) is 0 Å². The lowest BCUT2D eigenvalue weighted by Gasteiger charge is -2.22. The van der Waals surface area contributed by atoms with E-state index in [1.54, 1.807) is 7.05 Å². The molecule has 18 heavy (non-hydrogen) atoms. The fourth-order valence-corrected chi connectivity index (χ4v) is 1.97. The molecule has 0 bridgehead atoms. The second-order valence-corrected chi connectivity index (χ2v) is 4.77. The van der Waals surface area contributed by atoms with Crippen molar-refractivity contribution in [3.8, 4) is 0 Å². The lowest BCUT2D eigenvalue weighted by Crippen LogP contribution is -2.34. The lowest BCUT2D eigenvalue weighted by atomic mass is 9.92. The molecular weight excluding hydrogens is 243 g/mol. The van der Waals surface area contributed by atoms with Crippen molar-refractivity contribution < 1.29 is 17.9 Å². The molecule has 0 aromatic rings. The zero-order valence-electron chi connectivity index (χ0n) is 11.6. The Morgan fingerprint density at radius 3 is 2.33 bits per heavy atom. The zero-order chi connectivity index (χ0) is 14.0. The first kappa shape index (κ1) is 17.7. The van der Waals surface area contributed by atoms with Gasteiger partial charge in [-0.25, -0.2) is 0 Å². The number of rotatable bonds is 10. The molecule has 0 aliphatic heterocycles. The van der Waals surface area contributed by atoms with Crippen LogP contribution in [-0.4, -0.2) is 32.5 Å². The Labute approximate surface area is 108 Å². The molecule has 2 unspecified atom stereocenters. The molecule has 0 aromatic heterocycles. The van der Waals surface area contributed by atoms with Crippen LogP contribution >= 0.6 is 0 Å². The Morgan fingerprint density at radius 1 is 1.22 bits per heavy atom. The molecule has 1 N–H and O–H groups in total. The van der Waals surface area contributed by atoms with E-state index in [1.165, 1.54) is 6.42 Å². The minimum absolute atomic E-state index is 0.00848. The molecule has 0 heterocycles. The Balaban J connectivity index is 3.92. The molecule has 2 atom stereocenters. The third-order valence-corrected chi connectivity index (χ3v) is 3.15. The molecule has 0 amide bonds. The van der Waals surface area contributed by atoms with E-state index in [-0.39, 0.29) is 12.6 Å². The Morgan fingerprint density at radius 2 is 1.89 bits per heavy atom. The molecule has 0 fully saturated rings. The van der Waals surface area contributed by atoms with Crippen molar-refractivity contribution in [2.75, 3.05) is 20.3 Å². The van der Waals surface area contributed by atoms with Crippen molar-refractivity contribution in [2.45, 2.75) is 58.2 Å². The standard InChI is InChI=1S/C13H26F3NO/c1-4-6-7-11(5-2)8-12(17-3)9-18-10-13(14,15)16/h11-12,17H,4-10H2,1-3H3. The molecule has 110 valence electrons. The number of likely N-dealkylation sites (N-methyl/N-ethyl adjacent to an activating group) is 1. The predicted molar refractivity (Wildman–Crippen MR) is 67.6 cm³/mol. The smallest absolute Gasteiger partial charge is 0.370 e. The summed E-state index contributed by atoms with van der Waals surface area (Å²) in [6.45, 7) is 3.24. The first-order chi connectivity index (χ1) is 8.42. The second-order valence-electron chi connectivity index (χ2n) is 4.77. The van der Waals surface area contributed by atoms with Gasteiger partial charge < -0.3 is 10.1 Å². The summed E-state index contributed by atoms with van der Waals surface area (Å²) >= 11 is 0. The lowest BCUT2D eigenvalue weighted by molar-refractivity contribution is -0.175. The summed E-state index contributed by atoms with van der Waals surface area (Å²) in [5, 5.41) is 3.04. The highest BCUT2D eigenvalue weighted by Crippen LogP contribution is 2.19. The Hall–Kier alpha value is -0.290. The highest BCUT2D eigenvalue weighted by atomic mass is 19.4. The average molecular weight is 269 g/mol. The maximum atomic E-state index is 12.0. The van der Waals surface area contributed by atoms with Gasteiger partial charge in [0.25, 0.3) is 0 Å². The van der Waals surface area contributed by atoms with Crippen LogP contribution in [0.1, 0.15) is 46.0 Å². The minimum atomic E-state index is -4.23. The summed E-state index contributed by atoms with van der Waals surface area (Å²) < 4.78 is 40.6. The van der Waals surface area contributed by atoms with Crippen molar-refractivity contribution in [2.24, 2.45) is 5.92 Å². The topological polar surface area (TPSA) is 21.3 Å². The van der Waals surface area contributed by atoms with E-state index in [4.69, 9.17) is 4.74 Å². The summed E-state index contributed by atoms with van der Waals surface area (Å²) in [6, 6.07) is 0.00848. The van der Waals surface area contributed by atoms with Crippen LogP contribution in [-0.2, 0) is 4.74 Å². The van der Waals surface area contributed by atoms with Gasteiger partial charge in [-0.15, -0.1) is 0 Å². The summed E-state index contributed by atoms with van der Waals surface area (Å²) in [5.41, 5.74) is 0. The molecular formula is C13H26F3NO. The molecule has 0 radical (unpaired) electrons. The van der Waals surface area contributed by atoms with Gasteiger partial charge in [-0.1, -0.05) is 39.5 Å². The average Bonchev–Trinajstić information content (AvgIpc) is 2.30. The van der Waals surface area contributed by atoms with Gasteiger partial charge in [-0.3, -0.25) is 0 Å². The van der Waals surface area contributed by atoms with Gasteiger partial charge in [0, 0.05) is 6.04 Å². The molecule has 0 saturated carbocycles. The van der Waals surface area contributed by atoms with Crippen LogP contribution in [0.15, 0.2) is 0 Å². The quantitative estimate of drug-likeness (QED) is 0.652. The maximum absolute atomic E-state index is 12.0. The van der Waals surface area contributed by atoms with Crippen molar-refractivity contribution in [1.82, 2.24) is 5.32 Å². The van der Waals surface area contributed by atoms with E-state index in [9.17, 15) is 13.2 Å². The van der Waals surface area contributed by atoms with E-state index in [1.807, 2.05) is 0 Å². The third kappa shape index (κ3) is 9.71. The minimum Gasteiger partial charge on any atom is -0.370 e. The van der Waals surface area contributed by atoms with Crippen LogP contribution in [0.2, 0.25) is 0 Å². The van der Waals surface area contributed by atoms with Crippen molar-refractivity contribution in [3.05, 3.63) is 0 Å². The first-order valence-electron chi connectivity index (χ1n) is 6.74. The fourth-order valence-electron chi connectivity index (χ4n) is 1.97. The number of hydrogen-bond acceptors (Lipinski definition) is 2. The maximum Gasteiger partial charge on any atom is 0.411 e. The summed E-state index contributed by atoms with van der Waals surface area (Å²) in [5.74, 6) is 0.567. The van der Waals surface area contributed by atoms with Crippen molar-refractivity contribution in [3.63, 3.8) is 0 Å². The Bertz CT molecular complexity index is 197. The molecule has 5 heteroatoms. The molecule has 2 nitrogen and oxygen atoms in total. The predicted octanol–water partition coefficient (Wildman–Crippen LogP) is 3.76. The second kappa shape index (κ2) is 9.62. The van der Waals surface area contributed by atoms with Gasteiger partial charge in [-0.05, 0) is 19.4 Å². The van der Waals surface area contributed by atoms with Crippen LogP contribution in [0.4, 0.5) is 13.2 Å². The number of halogens is 3. The molecule has 0 spiro atoms. The summed E-state index contributed by atoms with van der Waals surface area (Å²) in [6.07, 6.45) is 1.20. The van der Waals surface area contributed by atoms with E-state index in [0.717, 1.165) is 25.7 Å². The van der Waals surface area contributed by atoms with Crippen molar-refractivity contribution in [1.29, 1.82) is 0 Å². The largest absolute Gasteiger partial charge is 0.411 e. The summed E-state index contributed by atoms with van der Waals surface area (Å²) in [7, 11) is 1.77. The van der Waals surface area contributed by atoms with Crippen LogP contribution < -0.4 is 5.32 Å². The van der Waals surface area contributed by atoms with Crippen LogP contribution in [0, 0.1) is 5.92 Å². The first-order valence-corrected chi connectivity index (χ1v) is 6.74. The Kier molecular flexibility index (Phi) is 9.46. The summed E-state index contributed by atoms with van der Waals surface area (Å²) in [4.78, 5) is 0. The number of alkyl halides is 3. The van der Waals surface area contributed by atoms with E-state index in [0.29, 0.717) is 5.92 Å². The molecule has 0 saturated heterocycles. The van der Waals surface area contributed by atoms with Gasteiger partial charge in [0.05, 0.1) is 6.61 Å². The third-order valence-electron chi connectivity index (χ3n) is 3.15. The van der Waals surface area contributed by atoms with Gasteiger partial charge >= 0.3 is 6.18 Å². The molecule has 0 aromatic carbocycles. The highest BCUT2D eigenvalue weighted by molar-refractivity contribution is 4.70. The number of unbranched alkanes of at least 4 members (excludes halogenated alkanes) is 1. The SMILES string of the molecule is CCCCC(CC)CC(COCC(F)(F)F)NC. The van der Waals surface area contributed by atoms with Crippen molar-refractivity contribution >= 4 is 0 Å². The number of nitrogens with one attached hydrogen (secondary N) is 1. The molecule has 0 rings (SSSR count). The van der Waals surface area contributed by atoms with E-state index < -0.39 is 12.8 Å². The van der Waals surface area contributed by atoms with Gasteiger partial charge in [0.15, 0.2) is 0 Å². The van der Waals surface area contributed by atoms with Gasteiger partial charge in [-0.2, -0.15) is 13.2 Å². The van der Waals surface area contributed by atoms with Crippen LogP contribution in [0.3, 0.4) is 0 Å². The van der Waals surface area contributed by atoms with E-state index in [2.05, 4.69) is 19.2 Å². The van der Waals surface area contributed by atoms with Crippen LogP contribution in [0.25, 0.3) is 0 Å². The number of ether oxygens (including phenoxy) is 1. The monoisotopic (exact) mass is 269 g/mol. The highest BCUT2D eigenvalue weighted by Gasteiger charge is 2.28. The van der Waals surface area contributed by atoms with Crippen LogP contribution in [0.5, 0.6) is 0 Å². The molecule has 0 aliphatic rings. The number of hydrogen-bond donors (Lipinski definition) is 1. The molecule has 0 aliphatic carbocycles. The zero-order valence-corrected chi connectivity index (χ0v) is 11.6. The van der Waals surface area contributed by atoms with Gasteiger partial charge in [0.1, 0.15) is 6.61 Å². The fraction of sp³-hybridized carbons (Fsp3) is 1.00. The normalized spacial score (nSPS) is 15.7.